The number of aryl methyl sites for hydroxylation is 3. The van der Waals surface area contributed by atoms with Crippen molar-refractivity contribution in [2.75, 3.05) is 11.9 Å². The highest BCUT2D eigenvalue weighted by atomic mass is 16.2. The largest absolute Gasteiger partial charge is 0.325 e. The van der Waals surface area contributed by atoms with E-state index in [1.165, 1.54) is 0 Å². The minimum absolute atomic E-state index is 0.307. The van der Waals surface area contributed by atoms with E-state index < -0.39 is 17.5 Å². The van der Waals surface area contributed by atoms with Crippen molar-refractivity contribution in [1.82, 2.24) is 10.2 Å². The molecule has 1 aliphatic rings. The van der Waals surface area contributed by atoms with E-state index in [9.17, 15) is 14.4 Å². The highest BCUT2D eigenvalue weighted by molar-refractivity contribution is 6.09. The fourth-order valence-corrected chi connectivity index (χ4v) is 3.26. The fraction of sp³-hybridized carbons (Fsp3) is 0.318. The van der Waals surface area contributed by atoms with Crippen molar-refractivity contribution in [3.8, 4) is 0 Å². The zero-order valence-electron chi connectivity index (χ0n) is 16.4. The molecule has 0 saturated carbocycles. The van der Waals surface area contributed by atoms with Gasteiger partial charge in [0.1, 0.15) is 12.1 Å². The third kappa shape index (κ3) is 4.22. The highest BCUT2D eigenvalue weighted by Crippen LogP contribution is 2.23. The van der Waals surface area contributed by atoms with Crippen LogP contribution in [0.4, 0.5) is 10.5 Å². The lowest BCUT2D eigenvalue weighted by Gasteiger charge is -2.21. The number of rotatable bonds is 6. The van der Waals surface area contributed by atoms with Crippen LogP contribution in [0.1, 0.15) is 30.0 Å². The predicted octanol–water partition coefficient (Wildman–Crippen LogP) is 3.19. The smallest absolute Gasteiger partial charge is 0.325 e. The van der Waals surface area contributed by atoms with E-state index >= 15 is 0 Å². The number of nitrogens with one attached hydrogen (secondary N) is 2. The SMILES string of the molecule is Cc1ccc(NC(=O)CN2C(=O)NC(C)(CCc3ccccc3)C2=O)cc1C. The normalized spacial score (nSPS) is 18.9. The van der Waals surface area contributed by atoms with Gasteiger partial charge in [-0.1, -0.05) is 36.4 Å². The number of nitrogens with zero attached hydrogens (tertiary/aromatic N) is 1. The highest BCUT2D eigenvalue weighted by Gasteiger charge is 2.47. The van der Waals surface area contributed by atoms with E-state index in [0.29, 0.717) is 18.5 Å². The fourth-order valence-electron chi connectivity index (χ4n) is 3.26. The van der Waals surface area contributed by atoms with Crippen LogP contribution in [-0.4, -0.2) is 34.8 Å². The monoisotopic (exact) mass is 379 g/mol. The molecule has 0 radical (unpaired) electrons. The van der Waals surface area contributed by atoms with E-state index in [2.05, 4.69) is 10.6 Å². The maximum absolute atomic E-state index is 12.8. The van der Waals surface area contributed by atoms with Gasteiger partial charge in [0.25, 0.3) is 5.91 Å². The van der Waals surface area contributed by atoms with Gasteiger partial charge < -0.3 is 10.6 Å². The molecule has 2 aromatic carbocycles. The maximum Gasteiger partial charge on any atom is 0.325 e. The molecule has 1 heterocycles. The minimum atomic E-state index is -1.01. The molecule has 2 aromatic rings. The van der Waals surface area contributed by atoms with Crippen LogP contribution in [0.5, 0.6) is 0 Å². The van der Waals surface area contributed by atoms with Crippen molar-refractivity contribution in [2.45, 2.75) is 39.2 Å². The summed E-state index contributed by atoms with van der Waals surface area (Å²) in [5.41, 5.74) is 2.92. The molecule has 1 aliphatic heterocycles. The van der Waals surface area contributed by atoms with Gasteiger partial charge >= 0.3 is 6.03 Å². The molecule has 6 heteroatoms. The van der Waals surface area contributed by atoms with Crippen molar-refractivity contribution in [3.05, 3.63) is 65.2 Å². The Labute approximate surface area is 164 Å². The molecule has 1 atom stereocenters. The lowest BCUT2D eigenvalue weighted by atomic mass is 9.93. The van der Waals surface area contributed by atoms with Crippen molar-refractivity contribution < 1.29 is 14.4 Å². The van der Waals surface area contributed by atoms with Crippen LogP contribution in [0.25, 0.3) is 0 Å². The number of hydrogen-bond donors (Lipinski definition) is 2. The molecule has 1 fully saturated rings. The first-order valence-corrected chi connectivity index (χ1v) is 9.34. The molecule has 1 unspecified atom stereocenters. The van der Waals surface area contributed by atoms with Crippen molar-refractivity contribution >= 4 is 23.5 Å². The number of anilines is 1. The second-order valence-corrected chi connectivity index (χ2v) is 7.49. The van der Waals surface area contributed by atoms with Gasteiger partial charge in [0, 0.05) is 5.69 Å². The molecular weight excluding hydrogens is 354 g/mol. The Morgan fingerprint density at radius 3 is 2.46 bits per heavy atom. The Balaban J connectivity index is 1.62. The van der Waals surface area contributed by atoms with Crippen LogP contribution < -0.4 is 10.6 Å². The van der Waals surface area contributed by atoms with Gasteiger partial charge in [-0.2, -0.15) is 0 Å². The molecule has 0 spiro atoms. The molecule has 1 saturated heterocycles. The van der Waals surface area contributed by atoms with Gasteiger partial charge in [0.15, 0.2) is 0 Å². The molecule has 28 heavy (non-hydrogen) atoms. The average Bonchev–Trinajstić information content (AvgIpc) is 2.87. The summed E-state index contributed by atoms with van der Waals surface area (Å²) < 4.78 is 0. The van der Waals surface area contributed by atoms with E-state index in [-0.39, 0.29) is 12.5 Å². The third-order valence-corrected chi connectivity index (χ3v) is 5.19. The Hall–Kier alpha value is -3.15. The van der Waals surface area contributed by atoms with E-state index in [1.807, 2.05) is 56.3 Å². The Bertz CT molecular complexity index is 910. The number of imide groups is 1. The zero-order valence-corrected chi connectivity index (χ0v) is 16.4. The van der Waals surface area contributed by atoms with Gasteiger partial charge in [-0.25, -0.2) is 4.79 Å². The number of carbonyl (C=O) groups is 3. The van der Waals surface area contributed by atoms with Gasteiger partial charge in [0.2, 0.25) is 5.91 Å². The van der Waals surface area contributed by atoms with Crippen LogP contribution in [0.2, 0.25) is 0 Å². The Morgan fingerprint density at radius 1 is 1.07 bits per heavy atom. The summed E-state index contributed by atoms with van der Waals surface area (Å²) in [5.74, 6) is -0.775. The summed E-state index contributed by atoms with van der Waals surface area (Å²) in [5, 5.41) is 5.49. The first-order valence-electron chi connectivity index (χ1n) is 9.34. The first kappa shape index (κ1) is 19.6. The quantitative estimate of drug-likeness (QED) is 0.757. The summed E-state index contributed by atoms with van der Waals surface area (Å²) in [6.07, 6.45) is 1.13. The molecule has 3 rings (SSSR count). The van der Waals surface area contributed by atoms with Crippen molar-refractivity contribution in [3.63, 3.8) is 0 Å². The van der Waals surface area contributed by atoms with E-state index in [0.717, 1.165) is 21.6 Å². The number of benzene rings is 2. The van der Waals surface area contributed by atoms with Crippen molar-refractivity contribution in [2.24, 2.45) is 0 Å². The Kier molecular flexibility index (Phi) is 5.49. The number of amides is 4. The second-order valence-electron chi connectivity index (χ2n) is 7.49. The van der Waals surface area contributed by atoms with Crippen LogP contribution in [0.3, 0.4) is 0 Å². The van der Waals surface area contributed by atoms with Gasteiger partial charge in [-0.05, 0) is 62.4 Å². The number of urea groups is 1. The third-order valence-electron chi connectivity index (χ3n) is 5.19. The van der Waals surface area contributed by atoms with Crippen LogP contribution in [-0.2, 0) is 16.0 Å². The first-order chi connectivity index (χ1) is 13.3. The van der Waals surface area contributed by atoms with Gasteiger partial charge in [-0.15, -0.1) is 0 Å². The van der Waals surface area contributed by atoms with Gasteiger partial charge in [0.05, 0.1) is 0 Å². The molecule has 0 aromatic heterocycles. The Morgan fingerprint density at radius 2 is 1.79 bits per heavy atom. The minimum Gasteiger partial charge on any atom is -0.325 e. The summed E-state index contributed by atoms with van der Waals surface area (Å²) in [4.78, 5) is 38.5. The van der Waals surface area contributed by atoms with E-state index in [1.54, 1.807) is 13.0 Å². The van der Waals surface area contributed by atoms with Gasteiger partial charge in [-0.3, -0.25) is 14.5 Å². The standard InChI is InChI=1S/C22H25N3O3/c1-15-9-10-18(13-16(15)2)23-19(26)14-25-20(27)22(3,24-21(25)28)12-11-17-7-5-4-6-8-17/h4-10,13H,11-12,14H2,1-3H3,(H,23,26)(H,24,28). The number of hydrogen-bond acceptors (Lipinski definition) is 3. The van der Waals surface area contributed by atoms with Crippen LogP contribution >= 0.6 is 0 Å². The molecule has 4 amide bonds. The summed E-state index contributed by atoms with van der Waals surface area (Å²) >= 11 is 0. The summed E-state index contributed by atoms with van der Waals surface area (Å²) in [6, 6.07) is 14.8. The molecule has 2 N–H and O–H groups in total. The van der Waals surface area contributed by atoms with E-state index in [4.69, 9.17) is 0 Å². The van der Waals surface area contributed by atoms with Crippen LogP contribution in [0, 0.1) is 13.8 Å². The number of carbonyl (C=O) groups excluding carboxylic acids is 3. The summed E-state index contributed by atoms with van der Waals surface area (Å²) in [7, 11) is 0. The second kappa shape index (κ2) is 7.84. The summed E-state index contributed by atoms with van der Waals surface area (Å²) in [6.45, 7) is 5.35. The lowest BCUT2D eigenvalue weighted by Crippen LogP contribution is -2.45. The molecule has 6 nitrogen and oxygen atoms in total. The molecule has 146 valence electrons. The molecule has 0 bridgehead atoms. The molecular formula is C22H25N3O3. The zero-order chi connectivity index (χ0) is 20.3. The van der Waals surface area contributed by atoms with Crippen LogP contribution in [0.15, 0.2) is 48.5 Å². The lowest BCUT2D eigenvalue weighted by molar-refractivity contribution is -0.133. The maximum atomic E-state index is 12.8. The molecule has 0 aliphatic carbocycles. The topological polar surface area (TPSA) is 78.5 Å². The van der Waals surface area contributed by atoms with Crippen molar-refractivity contribution in [1.29, 1.82) is 0 Å². The predicted molar refractivity (Wildman–Crippen MR) is 108 cm³/mol. The average molecular weight is 379 g/mol.